The number of rotatable bonds is 4. The molecule has 1 aliphatic rings. The Hall–Kier alpha value is -2.42. The van der Waals surface area contributed by atoms with E-state index in [1.165, 1.54) is 10.9 Å². The first kappa shape index (κ1) is 19.3. The summed E-state index contributed by atoms with van der Waals surface area (Å²) >= 11 is 1.62. The van der Waals surface area contributed by atoms with E-state index in [9.17, 15) is 9.59 Å². The van der Waals surface area contributed by atoms with Crippen molar-refractivity contribution in [2.24, 2.45) is 0 Å². The molecule has 7 nitrogen and oxygen atoms in total. The van der Waals surface area contributed by atoms with Crippen LogP contribution < -0.4 is 5.69 Å². The van der Waals surface area contributed by atoms with Crippen molar-refractivity contribution < 1.29 is 9.53 Å². The predicted molar refractivity (Wildman–Crippen MR) is 106 cm³/mol. The maximum atomic E-state index is 12.5. The van der Waals surface area contributed by atoms with Gasteiger partial charge in [0, 0.05) is 28.4 Å². The summed E-state index contributed by atoms with van der Waals surface area (Å²) in [5.41, 5.74) is 1.53. The molecule has 1 N–H and O–H groups in total. The zero-order valence-electron chi connectivity index (χ0n) is 14.5. The molecule has 0 spiro atoms. The molecular weight excluding hydrogens is 388 g/mol. The predicted octanol–water partition coefficient (Wildman–Crippen LogP) is 2.24. The number of hydrogen-bond acceptors (Lipinski definition) is 5. The van der Waals surface area contributed by atoms with Gasteiger partial charge in [-0.15, -0.1) is 23.7 Å². The molecule has 4 rings (SSSR count). The van der Waals surface area contributed by atoms with E-state index in [4.69, 9.17) is 4.74 Å². The van der Waals surface area contributed by atoms with E-state index in [0.29, 0.717) is 38.4 Å². The number of ether oxygens (including phenoxy) is 1. The molecule has 0 unspecified atom stereocenters. The van der Waals surface area contributed by atoms with Crippen LogP contribution in [0.3, 0.4) is 0 Å². The van der Waals surface area contributed by atoms with E-state index >= 15 is 0 Å². The fraction of sp³-hybridized carbons (Fsp3) is 0.278. The number of aromatic nitrogens is 3. The van der Waals surface area contributed by atoms with Gasteiger partial charge < -0.3 is 9.64 Å². The summed E-state index contributed by atoms with van der Waals surface area (Å²) in [4.78, 5) is 28.0. The number of nitrogens with zero attached hydrogens (tertiary/aromatic N) is 3. The van der Waals surface area contributed by atoms with Gasteiger partial charge >= 0.3 is 5.69 Å². The summed E-state index contributed by atoms with van der Waals surface area (Å²) in [6, 6.07) is 11.7. The normalized spacial score (nSPS) is 14.0. The molecule has 0 aliphatic carbocycles. The number of thiophene rings is 1. The van der Waals surface area contributed by atoms with Crippen LogP contribution in [0.2, 0.25) is 0 Å². The van der Waals surface area contributed by atoms with E-state index in [1.807, 2.05) is 41.3 Å². The smallest absolute Gasteiger partial charge is 0.343 e. The third-order valence-electron chi connectivity index (χ3n) is 4.32. The van der Waals surface area contributed by atoms with Gasteiger partial charge in [-0.05, 0) is 29.8 Å². The number of morpholine rings is 1. The molecule has 1 amide bonds. The van der Waals surface area contributed by atoms with Crippen LogP contribution >= 0.6 is 23.7 Å². The van der Waals surface area contributed by atoms with Crippen LogP contribution in [0.15, 0.2) is 47.5 Å². The highest BCUT2D eigenvalue weighted by atomic mass is 35.5. The zero-order chi connectivity index (χ0) is 17.9. The van der Waals surface area contributed by atoms with Gasteiger partial charge in [0.05, 0.1) is 19.8 Å². The second-order valence-electron chi connectivity index (χ2n) is 6.04. The van der Waals surface area contributed by atoms with Gasteiger partial charge in [-0.1, -0.05) is 12.1 Å². The highest BCUT2D eigenvalue weighted by molar-refractivity contribution is 7.15. The molecule has 0 saturated carbocycles. The van der Waals surface area contributed by atoms with E-state index in [1.54, 1.807) is 11.3 Å². The Morgan fingerprint density at radius 1 is 1.15 bits per heavy atom. The number of amides is 1. The molecule has 1 aliphatic heterocycles. The molecule has 3 aromatic rings. The van der Waals surface area contributed by atoms with Crippen molar-refractivity contribution in [3.05, 3.63) is 63.7 Å². The number of H-pyrrole nitrogens is 1. The van der Waals surface area contributed by atoms with E-state index in [0.717, 1.165) is 15.3 Å². The van der Waals surface area contributed by atoms with Crippen LogP contribution in [0.5, 0.6) is 0 Å². The summed E-state index contributed by atoms with van der Waals surface area (Å²) in [7, 11) is 0. The molecule has 0 radical (unpaired) electrons. The molecule has 2 aromatic heterocycles. The number of halogens is 1. The fourth-order valence-corrected chi connectivity index (χ4v) is 3.91. The maximum absolute atomic E-state index is 12.5. The van der Waals surface area contributed by atoms with Crippen molar-refractivity contribution in [2.45, 2.75) is 6.54 Å². The highest BCUT2D eigenvalue weighted by Crippen LogP contribution is 2.28. The zero-order valence-corrected chi connectivity index (χ0v) is 16.1. The van der Waals surface area contributed by atoms with Gasteiger partial charge in [0.15, 0.2) is 0 Å². The van der Waals surface area contributed by atoms with Gasteiger partial charge in [0.1, 0.15) is 6.33 Å². The third kappa shape index (κ3) is 4.29. The minimum atomic E-state index is -0.217. The standard InChI is InChI=1S/C18H18N4O3S.ClH/c23-17(21-7-9-25-10-8-21)14-3-1-13(2-4-14)16-6-5-15(26-16)11-22-12-19-20-18(22)24;/h1-6,12H,7-11H2,(H,20,24);1H. The summed E-state index contributed by atoms with van der Waals surface area (Å²) in [6.45, 7) is 2.97. The van der Waals surface area contributed by atoms with Crippen molar-refractivity contribution >= 4 is 29.7 Å². The van der Waals surface area contributed by atoms with Crippen molar-refractivity contribution in [1.29, 1.82) is 0 Å². The summed E-state index contributed by atoms with van der Waals surface area (Å²) < 4.78 is 6.82. The van der Waals surface area contributed by atoms with Crippen LogP contribution in [0.25, 0.3) is 10.4 Å². The SMILES string of the molecule is Cl.O=C(c1ccc(-c2ccc(Cn3cn[nH]c3=O)s2)cc1)N1CCOCC1. The van der Waals surface area contributed by atoms with Crippen molar-refractivity contribution in [1.82, 2.24) is 19.7 Å². The lowest BCUT2D eigenvalue weighted by Crippen LogP contribution is -2.40. The molecule has 9 heteroatoms. The molecule has 27 heavy (non-hydrogen) atoms. The average molecular weight is 407 g/mol. The lowest BCUT2D eigenvalue weighted by atomic mass is 10.1. The van der Waals surface area contributed by atoms with Gasteiger partial charge in [0.25, 0.3) is 5.91 Å². The molecule has 0 atom stereocenters. The Bertz CT molecular complexity index is 957. The summed E-state index contributed by atoms with van der Waals surface area (Å²) in [5, 5.41) is 6.12. The van der Waals surface area contributed by atoms with Gasteiger partial charge in [-0.3, -0.25) is 9.36 Å². The summed E-state index contributed by atoms with van der Waals surface area (Å²) in [6.07, 6.45) is 1.49. The van der Waals surface area contributed by atoms with Crippen molar-refractivity contribution in [2.75, 3.05) is 26.3 Å². The topological polar surface area (TPSA) is 80.2 Å². The first-order valence-electron chi connectivity index (χ1n) is 8.37. The molecule has 1 aromatic carbocycles. The largest absolute Gasteiger partial charge is 0.378 e. The first-order valence-corrected chi connectivity index (χ1v) is 9.18. The van der Waals surface area contributed by atoms with Gasteiger partial charge in [-0.25, -0.2) is 9.89 Å². The number of carbonyl (C=O) groups excluding carboxylic acids is 1. The fourth-order valence-electron chi connectivity index (χ4n) is 2.90. The Kier molecular flexibility index (Phi) is 6.10. The second-order valence-corrected chi connectivity index (χ2v) is 7.21. The van der Waals surface area contributed by atoms with Crippen LogP contribution in [0, 0.1) is 0 Å². The second kappa shape index (κ2) is 8.51. The van der Waals surface area contributed by atoms with Gasteiger partial charge in [0.2, 0.25) is 0 Å². The molecule has 0 bridgehead atoms. The molecule has 1 saturated heterocycles. The molecular formula is C18H19ClN4O3S. The first-order chi connectivity index (χ1) is 12.7. The van der Waals surface area contributed by atoms with Crippen LogP contribution in [0.1, 0.15) is 15.2 Å². The lowest BCUT2D eigenvalue weighted by molar-refractivity contribution is 0.0303. The number of carbonyl (C=O) groups is 1. The van der Waals surface area contributed by atoms with Crippen LogP contribution in [0.4, 0.5) is 0 Å². The summed E-state index contributed by atoms with van der Waals surface area (Å²) in [5.74, 6) is 0.0473. The van der Waals surface area contributed by atoms with Crippen LogP contribution in [-0.2, 0) is 11.3 Å². The third-order valence-corrected chi connectivity index (χ3v) is 5.44. The number of hydrogen-bond donors (Lipinski definition) is 1. The van der Waals surface area contributed by atoms with Crippen molar-refractivity contribution in [3.63, 3.8) is 0 Å². The van der Waals surface area contributed by atoms with Crippen LogP contribution in [-0.4, -0.2) is 51.9 Å². The molecule has 1 fully saturated rings. The molecule has 142 valence electrons. The minimum absolute atomic E-state index is 0. The Balaban J connectivity index is 0.00000210. The van der Waals surface area contributed by atoms with Gasteiger partial charge in [-0.2, -0.15) is 5.10 Å². The quantitative estimate of drug-likeness (QED) is 0.720. The number of benzene rings is 1. The van der Waals surface area contributed by atoms with E-state index < -0.39 is 0 Å². The van der Waals surface area contributed by atoms with Crippen molar-refractivity contribution in [3.8, 4) is 10.4 Å². The number of nitrogens with one attached hydrogen (secondary N) is 1. The Labute approximate surface area is 166 Å². The van der Waals surface area contributed by atoms with E-state index in [2.05, 4.69) is 10.2 Å². The Morgan fingerprint density at radius 2 is 1.89 bits per heavy atom. The Morgan fingerprint density at radius 3 is 2.56 bits per heavy atom. The highest BCUT2D eigenvalue weighted by Gasteiger charge is 2.18. The average Bonchev–Trinajstić information content (AvgIpc) is 3.32. The monoisotopic (exact) mass is 406 g/mol. The maximum Gasteiger partial charge on any atom is 0.343 e. The van der Waals surface area contributed by atoms with E-state index in [-0.39, 0.29) is 24.0 Å². The number of aromatic amines is 1. The lowest BCUT2D eigenvalue weighted by Gasteiger charge is -2.26. The molecule has 3 heterocycles. The minimum Gasteiger partial charge on any atom is -0.378 e.